The van der Waals surface area contributed by atoms with E-state index in [0.29, 0.717) is 28.6 Å². The Morgan fingerprint density at radius 1 is 0.960 bits per heavy atom. The zero-order valence-electron chi connectivity index (χ0n) is 13.4. The number of nitrogens with one attached hydrogen (secondary N) is 2. The van der Waals surface area contributed by atoms with Crippen molar-refractivity contribution in [2.45, 2.75) is 0 Å². The highest BCUT2D eigenvalue weighted by atomic mass is 19.1. The molecule has 0 fully saturated rings. The lowest BCUT2D eigenvalue weighted by atomic mass is 10.2. The molecule has 3 rings (SSSR count). The summed E-state index contributed by atoms with van der Waals surface area (Å²) in [7, 11) is 1.32. The first-order chi connectivity index (χ1) is 12.2. The van der Waals surface area contributed by atoms with Crippen LogP contribution in [0.2, 0.25) is 0 Å². The van der Waals surface area contributed by atoms with Gasteiger partial charge in [0.25, 0.3) is 0 Å². The predicted molar refractivity (Wildman–Crippen MR) is 92.8 cm³/mol. The molecule has 6 nitrogen and oxygen atoms in total. The van der Waals surface area contributed by atoms with Gasteiger partial charge in [0.2, 0.25) is 0 Å². The van der Waals surface area contributed by atoms with Crippen LogP contribution in [0.25, 0.3) is 0 Å². The Bertz CT molecular complexity index is 902. The number of rotatable bonds is 5. The van der Waals surface area contributed by atoms with Crippen LogP contribution in [0, 0.1) is 5.82 Å². The Hall–Kier alpha value is -3.48. The highest BCUT2D eigenvalue weighted by Crippen LogP contribution is 2.23. The molecule has 0 aliphatic heterocycles. The van der Waals surface area contributed by atoms with Crippen molar-refractivity contribution in [2.75, 3.05) is 17.7 Å². The molecule has 2 aromatic carbocycles. The van der Waals surface area contributed by atoms with Crippen molar-refractivity contribution in [1.82, 2.24) is 9.97 Å². The van der Waals surface area contributed by atoms with Crippen molar-refractivity contribution >= 4 is 29.0 Å². The number of anilines is 4. The second kappa shape index (κ2) is 7.39. The van der Waals surface area contributed by atoms with Gasteiger partial charge in [-0.1, -0.05) is 24.3 Å². The van der Waals surface area contributed by atoms with Gasteiger partial charge >= 0.3 is 5.97 Å². The summed E-state index contributed by atoms with van der Waals surface area (Å²) in [6, 6.07) is 14.8. The average molecular weight is 338 g/mol. The van der Waals surface area contributed by atoms with Crippen LogP contribution in [-0.4, -0.2) is 23.0 Å². The summed E-state index contributed by atoms with van der Waals surface area (Å²) >= 11 is 0. The van der Waals surface area contributed by atoms with E-state index < -0.39 is 5.97 Å². The zero-order chi connectivity index (χ0) is 17.6. The van der Waals surface area contributed by atoms with Crippen LogP contribution in [0.1, 0.15) is 10.4 Å². The molecule has 126 valence electrons. The smallest absolute Gasteiger partial charge is 0.339 e. The highest BCUT2D eigenvalue weighted by molar-refractivity contribution is 5.96. The van der Waals surface area contributed by atoms with E-state index >= 15 is 0 Å². The molecule has 0 bridgehead atoms. The van der Waals surface area contributed by atoms with E-state index in [1.807, 2.05) is 0 Å². The summed E-state index contributed by atoms with van der Waals surface area (Å²) in [6.07, 6.45) is 1.34. The molecular formula is C18H15FN4O2. The van der Waals surface area contributed by atoms with Gasteiger partial charge in [-0.25, -0.2) is 19.2 Å². The van der Waals surface area contributed by atoms with E-state index in [4.69, 9.17) is 4.74 Å². The number of halogens is 1. The van der Waals surface area contributed by atoms with Crippen molar-refractivity contribution in [2.24, 2.45) is 0 Å². The number of esters is 1. The lowest BCUT2D eigenvalue weighted by Gasteiger charge is -2.11. The Balaban J connectivity index is 1.84. The van der Waals surface area contributed by atoms with E-state index in [-0.39, 0.29) is 5.82 Å². The number of carbonyl (C=O) groups is 1. The third kappa shape index (κ3) is 3.89. The van der Waals surface area contributed by atoms with Gasteiger partial charge in [0.15, 0.2) is 0 Å². The highest BCUT2D eigenvalue weighted by Gasteiger charge is 2.12. The number of methoxy groups -OCH3 is 1. The van der Waals surface area contributed by atoms with Gasteiger partial charge in [-0.3, -0.25) is 0 Å². The minimum atomic E-state index is -0.457. The van der Waals surface area contributed by atoms with Crippen LogP contribution in [0.3, 0.4) is 0 Å². The SMILES string of the molecule is COC(=O)c1ccccc1Nc1cc(Nc2ccccc2F)ncn1. The molecule has 2 N–H and O–H groups in total. The number of hydrogen-bond donors (Lipinski definition) is 2. The van der Waals surface area contributed by atoms with E-state index in [9.17, 15) is 9.18 Å². The number of hydrogen-bond acceptors (Lipinski definition) is 6. The molecule has 25 heavy (non-hydrogen) atoms. The van der Waals surface area contributed by atoms with Gasteiger partial charge in [0.1, 0.15) is 23.8 Å². The van der Waals surface area contributed by atoms with Gasteiger partial charge in [-0.05, 0) is 24.3 Å². The molecule has 0 saturated carbocycles. The third-order valence-corrected chi connectivity index (χ3v) is 3.40. The maximum atomic E-state index is 13.7. The maximum absolute atomic E-state index is 13.7. The van der Waals surface area contributed by atoms with Gasteiger partial charge in [0, 0.05) is 6.07 Å². The summed E-state index contributed by atoms with van der Waals surface area (Å²) in [5.41, 5.74) is 1.24. The van der Waals surface area contributed by atoms with Crippen molar-refractivity contribution < 1.29 is 13.9 Å². The van der Waals surface area contributed by atoms with Crippen LogP contribution < -0.4 is 10.6 Å². The summed E-state index contributed by atoms with van der Waals surface area (Å²) in [4.78, 5) is 20.0. The lowest BCUT2D eigenvalue weighted by molar-refractivity contribution is 0.0602. The van der Waals surface area contributed by atoms with Crippen LogP contribution in [-0.2, 0) is 4.74 Å². The van der Waals surface area contributed by atoms with Crippen molar-refractivity contribution in [3.63, 3.8) is 0 Å². The first-order valence-electron chi connectivity index (χ1n) is 7.45. The van der Waals surface area contributed by atoms with Gasteiger partial charge < -0.3 is 15.4 Å². The molecule has 0 radical (unpaired) electrons. The number of para-hydroxylation sites is 2. The van der Waals surface area contributed by atoms with Crippen LogP contribution in [0.4, 0.5) is 27.4 Å². The third-order valence-electron chi connectivity index (χ3n) is 3.40. The van der Waals surface area contributed by atoms with Crippen LogP contribution in [0.15, 0.2) is 60.9 Å². The van der Waals surface area contributed by atoms with Crippen molar-refractivity contribution in [1.29, 1.82) is 0 Å². The van der Waals surface area contributed by atoms with Crippen molar-refractivity contribution in [3.8, 4) is 0 Å². The monoisotopic (exact) mass is 338 g/mol. The number of benzene rings is 2. The van der Waals surface area contributed by atoms with Gasteiger partial charge in [0.05, 0.1) is 24.0 Å². The molecule has 0 saturated heterocycles. The fourth-order valence-electron chi connectivity index (χ4n) is 2.21. The quantitative estimate of drug-likeness (QED) is 0.687. The van der Waals surface area contributed by atoms with Crippen LogP contribution in [0.5, 0.6) is 0 Å². The van der Waals surface area contributed by atoms with Gasteiger partial charge in [-0.2, -0.15) is 0 Å². The Morgan fingerprint density at radius 3 is 2.24 bits per heavy atom. The van der Waals surface area contributed by atoms with Crippen molar-refractivity contribution in [3.05, 3.63) is 72.3 Å². The molecule has 0 atom stereocenters. The number of carbonyl (C=O) groups excluding carboxylic acids is 1. The Morgan fingerprint density at radius 2 is 1.56 bits per heavy atom. The largest absolute Gasteiger partial charge is 0.465 e. The second-order valence-electron chi connectivity index (χ2n) is 5.06. The Kier molecular flexibility index (Phi) is 4.84. The summed E-state index contributed by atoms with van der Waals surface area (Å²) in [5, 5.41) is 5.93. The minimum absolute atomic E-state index is 0.308. The minimum Gasteiger partial charge on any atom is -0.465 e. The molecule has 0 amide bonds. The van der Waals surface area contributed by atoms with E-state index in [1.165, 1.54) is 19.5 Å². The molecule has 0 spiro atoms. The van der Waals surface area contributed by atoms with E-state index in [1.54, 1.807) is 48.5 Å². The molecule has 0 unspecified atom stereocenters. The molecule has 0 aliphatic rings. The molecular weight excluding hydrogens is 323 g/mol. The first-order valence-corrected chi connectivity index (χ1v) is 7.45. The normalized spacial score (nSPS) is 10.2. The molecule has 1 heterocycles. The molecule has 0 aliphatic carbocycles. The molecule has 7 heteroatoms. The fourth-order valence-corrected chi connectivity index (χ4v) is 2.21. The topological polar surface area (TPSA) is 76.1 Å². The molecule has 1 aromatic heterocycles. The standard InChI is InChI=1S/C18H15FN4O2/c1-25-18(24)12-6-2-4-8-14(12)22-16-10-17(21-11-20-16)23-15-9-5-3-7-13(15)19/h2-11H,1H3,(H2,20,21,22,23). The van der Waals surface area contributed by atoms with E-state index in [2.05, 4.69) is 20.6 Å². The Labute approximate surface area is 143 Å². The predicted octanol–water partition coefficient (Wildman–Crippen LogP) is 3.89. The summed E-state index contributed by atoms with van der Waals surface area (Å²) in [5.74, 6) is 0.0249. The summed E-state index contributed by atoms with van der Waals surface area (Å²) in [6.45, 7) is 0. The number of aromatic nitrogens is 2. The average Bonchev–Trinajstić information content (AvgIpc) is 2.64. The van der Waals surface area contributed by atoms with Gasteiger partial charge in [-0.15, -0.1) is 0 Å². The number of nitrogens with zero attached hydrogens (tertiary/aromatic N) is 2. The number of ether oxygens (including phenoxy) is 1. The lowest BCUT2D eigenvalue weighted by Crippen LogP contribution is -2.06. The fraction of sp³-hybridized carbons (Fsp3) is 0.0556. The summed E-state index contributed by atoms with van der Waals surface area (Å²) < 4.78 is 18.5. The maximum Gasteiger partial charge on any atom is 0.339 e. The molecule has 3 aromatic rings. The zero-order valence-corrected chi connectivity index (χ0v) is 13.4. The second-order valence-corrected chi connectivity index (χ2v) is 5.06. The first kappa shape index (κ1) is 16.4. The van der Waals surface area contributed by atoms with Crippen LogP contribution >= 0.6 is 0 Å². The van der Waals surface area contributed by atoms with E-state index in [0.717, 1.165) is 0 Å².